The third-order valence-corrected chi connectivity index (χ3v) is 2.49. The van der Waals surface area contributed by atoms with Gasteiger partial charge in [0.25, 0.3) is 0 Å². The van der Waals surface area contributed by atoms with Crippen molar-refractivity contribution in [1.29, 1.82) is 0 Å². The Morgan fingerprint density at radius 2 is 2.00 bits per heavy atom. The second kappa shape index (κ2) is 6.16. The Kier molecular flexibility index (Phi) is 4.83. The average Bonchev–Trinajstić information content (AvgIpc) is 2.29. The molecule has 0 aliphatic rings. The quantitative estimate of drug-likeness (QED) is 0.843. The van der Waals surface area contributed by atoms with Gasteiger partial charge in [-0.05, 0) is 25.0 Å². The summed E-state index contributed by atoms with van der Waals surface area (Å²) in [5.74, 6) is 0.406. The van der Waals surface area contributed by atoms with E-state index in [2.05, 4.69) is 19.2 Å². The van der Waals surface area contributed by atoms with E-state index in [-0.39, 0.29) is 6.09 Å². The standard InChI is InChI=1S/C13H19NO2/c1-4-10(2)9-16-13(15)14-12-7-5-11(3)6-8-12/h5-8,10H,4,9H2,1-3H3,(H,14,15). The molecule has 1 amide bonds. The third kappa shape index (κ3) is 4.34. The normalized spacial score (nSPS) is 11.9. The van der Waals surface area contributed by atoms with Crippen molar-refractivity contribution in [2.24, 2.45) is 5.92 Å². The number of aryl methyl sites for hydroxylation is 1. The lowest BCUT2D eigenvalue weighted by Gasteiger charge is -2.10. The van der Waals surface area contributed by atoms with Crippen LogP contribution in [-0.2, 0) is 4.74 Å². The highest BCUT2D eigenvalue weighted by molar-refractivity contribution is 5.84. The Bertz CT molecular complexity index is 332. The fourth-order valence-electron chi connectivity index (χ4n) is 1.13. The molecule has 0 aliphatic heterocycles. The summed E-state index contributed by atoms with van der Waals surface area (Å²) < 4.78 is 5.08. The van der Waals surface area contributed by atoms with Crippen molar-refractivity contribution < 1.29 is 9.53 Å². The van der Waals surface area contributed by atoms with Crippen LogP contribution in [0.1, 0.15) is 25.8 Å². The maximum Gasteiger partial charge on any atom is 0.411 e. The zero-order valence-electron chi connectivity index (χ0n) is 10.1. The molecule has 1 unspecified atom stereocenters. The first-order chi connectivity index (χ1) is 7.61. The fraction of sp³-hybridized carbons (Fsp3) is 0.462. The highest BCUT2D eigenvalue weighted by Crippen LogP contribution is 2.09. The van der Waals surface area contributed by atoms with E-state index in [9.17, 15) is 4.79 Å². The first-order valence-electron chi connectivity index (χ1n) is 5.62. The topological polar surface area (TPSA) is 38.3 Å². The molecule has 3 nitrogen and oxygen atoms in total. The van der Waals surface area contributed by atoms with Gasteiger partial charge in [0.2, 0.25) is 0 Å². The molecule has 1 aromatic carbocycles. The molecule has 0 heterocycles. The molecule has 16 heavy (non-hydrogen) atoms. The molecule has 0 fully saturated rings. The lowest BCUT2D eigenvalue weighted by atomic mass is 10.1. The molecule has 0 aliphatic carbocycles. The number of carbonyl (C=O) groups is 1. The van der Waals surface area contributed by atoms with E-state index in [1.807, 2.05) is 31.2 Å². The van der Waals surface area contributed by atoms with Gasteiger partial charge in [0.15, 0.2) is 0 Å². The molecule has 0 aromatic heterocycles. The van der Waals surface area contributed by atoms with Crippen LogP contribution in [0.4, 0.5) is 10.5 Å². The van der Waals surface area contributed by atoms with Crippen LogP contribution >= 0.6 is 0 Å². The van der Waals surface area contributed by atoms with E-state index >= 15 is 0 Å². The number of rotatable bonds is 4. The van der Waals surface area contributed by atoms with Crippen molar-refractivity contribution in [3.05, 3.63) is 29.8 Å². The summed E-state index contributed by atoms with van der Waals surface area (Å²) in [6.07, 6.45) is 0.627. The van der Waals surface area contributed by atoms with Crippen molar-refractivity contribution >= 4 is 11.8 Å². The zero-order chi connectivity index (χ0) is 12.0. The number of hydrogen-bond acceptors (Lipinski definition) is 2. The number of benzene rings is 1. The Balaban J connectivity index is 2.37. The highest BCUT2D eigenvalue weighted by atomic mass is 16.5. The minimum atomic E-state index is -0.385. The van der Waals surface area contributed by atoms with Gasteiger partial charge in [0, 0.05) is 5.69 Å². The summed E-state index contributed by atoms with van der Waals surface area (Å²) in [6, 6.07) is 7.62. The van der Waals surface area contributed by atoms with Gasteiger partial charge >= 0.3 is 6.09 Å². The first-order valence-corrected chi connectivity index (χ1v) is 5.62. The van der Waals surface area contributed by atoms with E-state index < -0.39 is 0 Å². The van der Waals surface area contributed by atoms with Crippen LogP contribution in [0.5, 0.6) is 0 Å². The van der Waals surface area contributed by atoms with Gasteiger partial charge in [0.05, 0.1) is 6.61 Å². The lowest BCUT2D eigenvalue weighted by molar-refractivity contribution is 0.143. The van der Waals surface area contributed by atoms with E-state index in [0.717, 1.165) is 12.1 Å². The summed E-state index contributed by atoms with van der Waals surface area (Å²) in [5.41, 5.74) is 1.93. The van der Waals surface area contributed by atoms with Crippen LogP contribution < -0.4 is 5.32 Å². The number of ether oxygens (including phenoxy) is 1. The molecule has 1 aromatic rings. The van der Waals surface area contributed by atoms with Crippen molar-refractivity contribution in [3.63, 3.8) is 0 Å². The molecule has 88 valence electrons. The van der Waals surface area contributed by atoms with Gasteiger partial charge in [-0.15, -0.1) is 0 Å². The molecule has 0 spiro atoms. The second-order valence-electron chi connectivity index (χ2n) is 4.10. The average molecular weight is 221 g/mol. The summed E-state index contributed by atoms with van der Waals surface area (Å²) in [4.78, 5) is 11.4. The Hall–Kier alpha value is -1.51. The van der Waals surface area contributed by atoms with E-state index in [1.54, 1.807) is 0 Å². The van der Waals surface area contributed by atoms with Crippen LogP contribution in [-0.4, -0.2) is 12.7 Å². The van der Waals surface area contributed by atoms with E-state index in [0.29, 0.717) is 12.5 Å². The van der Waals surface area contributed by atoms with Crippen molar-refractivity contribution in [1.82, 2.24) is 0 Å². The second-order valence-corrected chi connectivity index (χ2v) is 4.10. The predicted molar refractivity (Wildman–Crippen MR) is 65.6 cm³/mol. The van der Waals surface area contributed by atoms with Gasteiger partial charge in [0.1, 0.15) is 0 Å². The molecule has 1 atom stereocenters. The maximum absolute atomic E-state index is 11.4. The van der Waals surface area contributed by atoms with Gasteiger partial charge < -0.3 is 4.74 Å². The van der Waals surface area contributed by atoms with Gasteiger partial charge in [-0.2, -0.15) is 0 Å². The molecule has 0 radical (unpaired) electrons. The molecule has 3 heteroatoms. The fourth-order valence-corrected chi connectivity index (χ4v) is 1.13. The predicted octanol–water partition coefficient (Wildman–Crippen LogP) is 3.59. The van der Waals surface area contributed by atoms with Crippen molar-refractivity contribution in [3.8, 4) is 0 Å². The van der Waals surface area contributed by atoms with E-state index in [1.165, 1.54) is 5.56 Å². The zero-order valence-corrected chi connectivity index (χ0v) is 10.1. The van der Waals surface area contributed by atoms with E-state index in [4.69, 9.17) is 4.74 Å². The maximum atomic E-state index is 11.4. The highest BCUT2D eigenvalue weighted by Gasteiger charge is 2.05. The van der Waals surface area contributed by atoms with Gasteiger partial charge in [-0.25, -0.2) is 4.79 Å². The SMILES string of the molecule is CCC(C)COC(=O)Nc1ccc(C)cc1. The Morgan fingerprint density at radius 3 is 2.56 bits per heavy atom. The van der Waals surface area contributed by atoms with Crippen LogP contribution in [0.3, 0.4) is 0 Å². The molecule has 0 bridgehead atoms. The number of hydrogen-bond donors (Lipinski definition) is 1. The minimum absolute atomic E-state index is 0.385. The number of carbonyl (C=O) groups excluding carboxylic acids is 1. The number of anilines is 1. The Labute approximate surface area is 96.8 Å². The van der Waals surface area contributed by atoms with Gasteiger partial charge in [-0.3, -0.25) is 5.32 Å². The molecule has 1 rings (SSSR count). The van der Waals surface area contributed by atoms with Crippen molar-refractivity contribution in [2.45, 2.75) is 27.2 Å². The smallest absolute Gasteiger partial charge is 0.411 e. The first kappa shape index (κ1) is 12.6. The molecule has 0 saturated heterocycles. The Morgan fingerprint density at radius 1 is 1.38 bits per heavy atom. The number of amides is 1. The van der Waals surface area contributed by atoms with Crippen LogP contribution in [0.2, 0.25) is 0 Å². The molecule has 1 N–H and O–H groups in total. The van der Waals surface area contributed by atoms with Crippen LogP contribution in [0.25, 0.3) is 0 Å². The summed E-state index contributed by atoms with van der Waals surface area (Å²) in [7, 11) is 0. The molecular weight excluding hydrogens is 202 g/mol. The van der Waals surface area contributed by atoms with Crippen LogP contribution in [0, 0.1) is 12.8 Å². The summed E-state index contributed by atoms with van der Waals surface area (Å²) in [5, 5.41) is 2.69. The monoisotopic (exact) mass is 221 g/mol. The van der Waals surface area contributed by atoms with Crippen molar-refractivity contribution in [2.75, 3.05) is 11.9 Å². The summed E-state index contributed by atoms with van der Waals surface area (Å²) in [6.45, 7) is 6.60. The number of nitrogens with one attached hydrogen (secondary N) is 1. The lowest BCUT2D eigenvalue weighted by Crippen LogP contribution is -2.17. The van der Waals surface area contributed by atoms with Gasteiger partial charge in [-0.1, -0.05) is 38.0 Å². The molecular formula is C13H19NO2. The largest absolute Gasteiger partial charge is 0.449 e. The third-order valence-electron chi connectivity index (χ3n) is 2.49. The molecule has 0 saturated carbocycles. The summed E-state index contributed by atoms with van der Waals surface area (Å²) >= 11 is 0. The minimum Gasteiger partial charge on any atom is -0.449 e. The van der Waals surface area contributed by atoms with Crippen LogP contribution in [0.15, 0.2) is 24.3 Å².